The molecule has 2 aromatic heterocycles. The second-order valence-corrected chi connectivity index (χ2v) is 4.68. The molecule has 1 saturated carbocycles. The van der Waals surface area contributed by atoms with Gasteiger partial charge in [-0.15, -0.1) is 0 Å². The molecule has 5 heteroatoms. The van der Waals surface area contributed by atoms with Crippen LogP contribution < -0.4 is 0 Å². The van der Waals surface area contributed by atoms with E-state index in [2.05, 4.69) is 14.7 Å². The monoisotopic (exact) mass is 258 g/mol. The van der Waals surface area contributed by atoms with Crippen molar-refractivity contribution in [1.29, 1.82) is 0 Å². The first kappa shape index (κ1) is 11.9. The van der Waals surface area contributed by atoms with E-state index in [0.717, 1.165) is 12.1 Å². The minimum absolute atomic E-state index is 0.272. The third-order valence-electron chi connectivity index (χ3n) is 3.20. The second kappa shape index (κ2) is 4.84. The van der Waals surface area contributed by atoms with Crippen LogP contribution in [0.4, 0.5) is 0 Å². The molecule has 0 bridgehead atoms. The molecule has 0 amide bonds. The minimum atomic E-state index is -0.454. The van der Waals surface area contributed by atoms with Gasteiger partial charge >= 0.3 is 5.97 Å². The van der Waals surface area contributed by atoms with Crippen molar-refractivity contribution in [3.63, 3.8) is 0 Å². The maximum absolute atomic E-state index is 11.5. The summed E-state index contributed by atoms with van der Waals surface area (Å²) in [6.07, 6.45) is 4.85. The Hall–Kier alpha value is -2.17. The number of esters is 1. The van der Waals surface area contributed by atoms with Crippen LogP contribution in [0.2, 0.25) is 0 Å². The van der Waals surface area contributed by atoms with Crippen molar-refractivity contribution in [3.05, 3.63) is 36.0 Å². The lowest BCUT2D eigenvalue weighted by molar-refractivity contribution is 0.0594. The molecule has 98 valence electrons. The molecule has 0 aliphatic heterocycles. The Morgan fingerprint density at radius 1 is 1.47 bits per heavy atom. The summed E-state index contributed by atoms with van der Waals surface area (Å²) in [4.78, 5) is 20.0. The van der Waals surface area contributed by atoms with E-state index >= 15 is 0 Å². The number of pyridine rings is 1. The number of ether oxygens (including phenoxy) is 1. The van der Waals surface area contributed by atoms with Gasteiger partial charge in [-0.3, -0.25) is 0 Å². The van der Waals surface area contributed by atoms with Gasteiger partial charge in [0.05, 0.1) is 12.8 Å². The van der Waals surface area contributed by atoms with E-state index in [9.17, 15) is 4.79 Å². The zero-order valence-electron chi connectivity index (χ0n) is 10.6. The van der Waals surface area contributed by atoms with Crippen LogP contribution in [0, 0.1) is 5.92 Å². The van der Waals surface area contributed by atoms with E-state index in [1.54, 1.807) is 12.1 Å². The average Bonchev–Trinajstić information content (AvgIpc) is 3.14. The summed E-state index contributed by atoms with van der Waals surface area (Å²) in [6.45, 7) is 0. The largest absolute Gasteiger partial charge is 0.464 e. The normalized spacial score (nSPS) is 14.4. The zero-order chi connectivity index (χ0) is 13.2. The van der Waals surface area contributed by atoms with Gasteiger partial charge in [-0.1, -0.05) is 6.07 Å². The standard InChI is InChI=1S/C14H14N2O3/c1-18-14(17)11-4-2-3-10(16-11)13-12(15-8-19-13)7-9-5-6-9/h2-4,8-9H,5-7H2,1H3. The van der Waals surface area contributed by atoms with E-state index in [4.69, 9.17) is 4.42 Å². The van der Waals surface area contributed by atoms with E-state index in [1.807, 2.05) is 6.07 Å². The first-order valence-corrected chi connectivity index (χ1v) is 6.26. The third kappa shape index (κ3) is 2.50. The van der Waals surface area contributed by atoms with Crippen molar-refractivity contribution in [2.45, 2.75) is 19.3 Å². The van der Waals surface area contributed by atoms with E-state index in [0.29, 0.717) is 17.4 Å². The number of carbonyl (C=O) groups excluding carboxylic acids is 1. The lowest BCUT2D eigenvalue weighted by atomic mass is 10.1. The van der Waals surface area contributed by atoms with E-state index < -0.39 is 5.97 Å². The maximum Gasteiger partial charge on any atom is 0.356 e. The second-order valence-electron chi connectivity index (χ2n) is 4.68. The van der Waals surface area contributed by atoms with Gasteiger partial charge in [-0.2, -0.15) is 0 Å². The fraction of sp³-hybridized carbons (Fsp3) is 0.357. The smallest absolute Gasteiger partial charge is 0.356 e. The fourth-order valence-corrected chi connectivity index (χ4v) is 2.00. The Morgan fingerprint density at radius 2 is 2.32 bits per heavy atom. The van der Waals surface area contributed by atoms with Crippen LogP contribution >= 0.6 is 0 Å². The molecule has 3 rings (SSSR count). The minimum Gasteiger partial charge on any atom is -0.464 e. The van der Waals surface area contributed by atoms with Crippen LogP contribution in [0.1, 0.15) is 29.0 Å². The van der Waals surface area contributed by atoms with Crippen LogP contribution in [-0.4, -0.2) is 23.0 Å². The Labute approximate surface area is 110 Å². The van der Waals surface area contributed by atoms with E-state index in [-0.39, 0.29) is 5.69 Å². The SMILES string of the molecule is COC(=O)c1cccc(-c2ocnc2CC2CC2)n1. The number of carbonyl (C=O) groups is 1. The molecule has 2 aromatic rings. The molecule has 0 N–H and O–H groups in total. The van der Waals surface area contributed by atoms with Gasteiger partial charge in [0.1, 0.15) is 11.4 Å². The summed E-state index contributed by atoms with van der Waals surface area (Å²) in [5.74, 6) is 0.912. The molecular formula is C14H14N2O3. The van der Waals surface area contributed by atoms with Crippen LogP contribution in [0.15, 0.2) is 29.0 Å². The summed E-state index contributed by atoms with van der Waals surface area (Å²) in [5, 5.41) is 0. The van der Waals surface area contributed by atoms with Crippen molar-refractivity contribution in [3.8, 4) is 11.5 Å². The van der Waals surface area contributed by atoms with Gasteiger partial charge in [-0.05, 0) is 37.3 Å². The number of oxazole rings is 1. The van der Waals surface area contributed by atoms with Crippen LogP contribution in [0.25, 0.3) is 11.5 Å². The predicted octanol–water partition coefficient (Wildman–Crippen LogP) is 2.48. The Kier molecular flexibility index (Phi) is 3.03. The lowest BCUT2D eigenvalue weighted by Crippen LogP contribution is -2.04. The molecule has 0 atom stereocenters. The molecule has 19 heavy (non-hydrogen) atoms. The van der Waals surface area contributed by atoms with Crippen LogP contribution in [0.5, 0.6) is 0 Å². The molecule has 2 heterocycles. The number of methoxy groups -OCH3 is 1. The number of hydrogen-bond acceptors (Lipinski definition) is 5. The third-order valence-corrected chi connectivity index (χ3v) is 3.20. The van der Waals surface area contributed by atoms with Gasteiger partial charge in [0, 0.05) is 0 Å². The van der Waals surface area contributed by atoms with E-state index in [1.165, 1.54) is 26.3 Å². The van der Waals surface area contributed by atoms with Crippen molar-refractivity contribution >= 4 is 5.97 Å². The van der Waals surface area contributed by atoms with Gasteiger partial charge in [-0.25, -0.2) is 14.8 Å². The molecule has 1 aliphatic carbocycles. The Morgan fingerprint density at radius 3 is 3.05 bits per heavy atom. The Bertz CT molecular complexity index is 602. The molecule has 0 aromatic carbocycles. The average molecular weight is 258 g/mol. The highest BCUT2D eigenvalue weighted by atomic mass is 16.5. The quantitative estimate of drug-likeness (QED) is 0.788. The van der Waals surface area contributed by atoms with Crippen molar-refractivity contribution < 1.29 is 13.9 Å². The van der Waals surface area contributed by atoms with Gasteiger partial charge in [0.15, 0.2) is 12.2 Å². The van der Waals surface area contributed by atoms with Gasteiger partial charge in [0.2, 0.25) is 0 Å². The highest BCUT2D eigenvalue weighted by Crippen LogP contribution is 2.34. The summed E-state index contributed by atoms with van der Waals surface area (Å²) >= 11 is 0. The van der Waals surface area contributed by atoms with Gasteiger partial charge in [0.25, 0.3) is 0 Å². The molecule has 0 saturated heterocycles. The number of aromatic nitrogens is 2. The topological polar surface area (TPSA) is 65.2 Å². The number of rotatable bonds is 4. The van der Waals surface area contributed by atoms with Crippen molar-refractivity contribution in [1.82, 2.24) is 9.97 Å². The fourth-order valence-electron chi connectivity index (χ4n) is 2.00. The summed E-state index contributed by atoms with van der Waals surface area (Å²) in [7, 11) is 1.34. The number of nitrogens with zero attached hydrogens (tertiary/aromatic N) is 2. The van der Waals surface area contributed by atoms with Gasteiger partial charge < -0.3 is 9.15 Å². The maximum atomic E-state index is 11.5. The highest BCUT2D eigenvalue weighted by Gasteiger charge is 2.25. The molecule has 1 aliphatic rings. The molecular weight excluding hydrogens is 244 g/mol. The molecule has 0 radical (unpaired) electrons. The van der Waals surface area contributed by atoms with Crippen LogP contribution in [-0.2, 0) is 11.2 Å². The zero-order valence-corrected chi connectivity index (χ0v) is 10.6. The summed E-state index contributed by atoms with van der Waals surface area (Å²) in [6, 6.07) is 5.19. The Balaban J connectivity index is 1.92. The first-order valence-electron chi connectivity index (χ1n) is 6.26. The summed E-state index contributed by atoms with van der Waals surface area (Å²) in [5.41, 5.74) is 1.81. The molecule has 0 spiro atoms. The number of hydrogen-bond donors (Lipinski definition) is 0. The van der Waals surface area contributed by atoms with Crippen molar-refractivity contribution in [2.75, 3.05) is 7.11 Å². The van der Waals surface area contributed by atoms with Crippen molar-refractivity contribution in [2.24, 2.45) is 5.92 Å². The summed E-state index contributed by atoms with van der Waals surface area (Å²) < 4.78 is 10.1. The lowest BCUT2D eigenvalue weighted by Gasteiger charge is -2.02. The molecule has 5 nitrogen and oxygen atoms in total. The first-order chi connectivity index (χ1) is 9.28. The van der Waals surface area contributed by atoms with Crippen LogP contribution in [0.3, 0.4) is 0 Å². The highest BCUT2D eigenvalue weighted by molar-refractivity contribution is 5.87. The predicted molar refractivity (Wildman–Crippen MR) is 67.5 cm³/mol. The molecule has 0 unspecified atom stereocenters. The molecule has 1 fully saturated rings.